The molecular formula is C25H27NO3S. The van der Waals surface area contributed by atoms with E-state index >= 15 is 0 Å². The number of allylic oxidation sites excluding steroid dienone is 3. The van der Waals surface area contributed by atoms with E-state index in [4.69, 9.17) is 4.74 Å². The largest absolute Gasteiger partial charge is 0.495 e. The highest BCUT2D eigenvalue weighted by atomic mass is 32.2. The highest BCUT2D eigenvalue weighted by Crippen LogP contribution is 2.30. The van der Waals surface area contributed by atoms with Crippen molar-refractivity contribution in [2.45, 2.75) is 37.5 Å². The van der Waals surface area contributed by atoms with Gasteiger partial charge in [-0.1, -0.05) is 41.8 Å². The highest BCUT2D eigenvalue weighted by Gasteiger charge is 2.29. The van der Waals surface area contributed by atoms with E-state index in [1.54, 1.807) is 19.2 Å². The third kappa shape index (κ3) is 4.77. The SMILES string of the molecule is C=CCC1=C(C#Cc2ccccc2OC)N(S(=O)(=O)c2ccc(C)cc2)CCCC1. The van der Waals surface area contributed by atoms with Gasteiger partial charge in [-0.25, -0.2) is 8.42 Å². The van der Waals surface area contributed by atoms with Crippen molar-refractivity contribution < 1.29 is 13.2 Å². The van der Waals surface area contributed by atoms with Crippen molar-refractivity contribution in [1.82, 2.24) is 4.31 Å². The number of benzene rings is 2. The Hall–Kier alpha value is -2.97. The second kappa shape index (κ2) is 9.69. The summed E-state index contributed by atoms with van der Waals surface area (Å²) >= 11 is 0. The zero-order valence-electron chi connectivity index (χ0n) is 17.5. The number of hydrogen-bond acceptors (Lipinski definition) is 3. The van der Waals surface area contributed by atoms with E-state index in [9.17, 15) is 8.42 Å². The molecule has 156 valence electrons. The molecule has 0 N–H and O–H groups in total. The molecule has 0 bridgehead atoms. The van der Waals surface area contributed by atoms with E-state index in [-0.39, 0.29) is 4.90 Å². The lowest BCUT2D eigenvalue weighted by atomic mass is 10.0. The van der Waals surface area contributed by atoms with Gasteiger partial charge < -0.3 is 4.74 Å². The van der Waals surface area contributed by atoms with Crippen molar-refractivity contribution in [2.24, 2.45) is 0 Å². The van der Waals surface area contributed by atoms with Crippen LogP contribution < -0.4 is 4.74 Å². The summed E-state index contributed by atoms with van der Waals surface area (Å²) in [5.74, 6) is 6.98. The van der Waals surface area contributed by atoms with Crippen molar-refractivity contribution in [3.05, 3.63) is 83.6 Å². The topological polar surface area (TPSA) is 46.6 Å². The quantitative estimate of drug-likeness (QED) is 0.501. The lowest BCUT2D eigenvalue weighted by Crippen LogP contribution is -2.31. The molecule has 5 heteroatoms. The first-order chi connectivity index (χ1) is 14.5. The van der Waals surface area contributed by atoms with Crippen molar-refractivity contribution in [3.63, 3.8) is 0 Å². The number of para-hydroxylation sites is 1. The van der Waals surface area contributed by atoms with Gasteiger partial charge in [-0.15, -0.1) is 6.58 Å². The molecule has 0 fully saturated rings. The van der Waals surface area contributed by atoms with Crippen molar-refractivity contribution in [3.8, 4) is 17.6 Å². The summed E-state index contributed by atoms with van der Waals surface area (Å²) in [7, 11) is -2.12. The van der Waals surface area contributed by atoms with Crippen LogP contribution >= 0.6 is 0 Å². The van der Waals surface area contributed by atoms with Gasteiger partial charge in [0.05, 0.1) is 17.6 Å². The molecule has 1 heterocycles. The summed E-state index contributed by atoms with van der Waals surface area (Å²) < 4.78 is 33.9. The summed E-state index contributed by atoms with van der Waals surface area (Å²) in [6, 6.07) is 14.4. The molecule has 0 unspecified atom stereocenters. The Balaban J connectivity index is 2.13. The van der Waals surface area contributed by atoms with Gasteiger partial charge in [0, 0.05) is 6.54 Å². The van der Waals surface area contributed by atoms with Crippen LogP contribution in [0.3, 0.4) is 0 Å². The van der Waals surface area contributed by atoms with Crippen molar-refractivity contribution in [1.29, 1.82) is 0 Å². The number of hydrogen-bond donors (Lipinski definition) is 0. The zero-order valence-corrected chi connectivity index (χ0v) is 18.3. The number of ether oxygens (including phenoxy) is 1. The first-order valence-corrected chi connectivity index (χ1v) is 11.5. The molecule has 0 saturated heterocycles. The second-order valence-electron chi connectivity index (χ2n) is 7.24. The molecule has 1 aliphatic heterocycles. The number of sulfonamides is 1. The van der Waals surface area contributed by atoms with Crippen LogP contribution in [0.15, 0.2) is 77.4 Å². The molecule has 0 atom stereocenters. The van der Waals surface area contributed by atoms with Crippen LogP contribution in [0.1, 0.15) is 36.8 Å². The molecule has 0 amide bonds. The maximum atomic E-state index is 13.5. The highest BCUT2D eigenvalue weighted by molar-refractivity contribution is 7.89. The maximum Gasteiger partial charge on any atom is 0.264 e. The van der Waals surface area contributed by atoms with Crippen molar-refractivity contribution in [2.75, 3.05) is 13.7 Å². The van der Waals surface area contributed by atoms with Gasteiger partial charge in [0.15, 0.2) is 0 Å². The fourth-order valence-corrected chi connectivity index (χ4v) is 5.00. The molecule has 2 aromatic carbocycles. The van der Waals surface area contributed by atoms with E-state index in [1.807, 2.05) is 49.4 Å². The summed E-state index contributed by atoms with van der Waals surface area (Å²) in [4.78, 5) is 0.282. The van der Waals surface area contributed by atoms with Gasteiger partial charge in [-0.3, -0.25) is 4.31 Å². The molecule has 0 radical (unpaired) electrons. The smallest absolute Gasteiger partial charge is 0.264 e. The van der Waals surface area contributed by atoms with Gasteiger partial charge in [0.1, 0.15) is 11.4 Å². The standard InChI is InChI=1S/C25H27NO3S/c1-4-9-21-10-7-8-19-26(30(27,28)23-16-13-20(2)14-17-23)24(21)18-15-22-11-5-6-12-25(22)29-3/h4-6,11-14,16-17H,1,7-10,19H2,2-3H3. The molecule has 1 aliphatic rings. The van der Waals surface area contributed by atoms with Gasteiger partial charge in [0.2, 0.25) is 0 Å². The third-order valence-electron chi connectivity index (χ3n) is 5.10. The zero-order chi connectivity index (χ0) is 21.6. The van der Waals surface area contributed by atoms with Crippen LogP contribution in [-0.4, -0.2) is 26.4 Å². The van der Waals surface area contributed by atoms with Crippen LogP contribution in [0, 0.1) is 18.8 Å². The second-order valence-corrected chi connectivity index (χ2v) is 9.10. The minimum atomic E-state index is -3.72. The molecular weight excluding hydrogens is 394 g/mol. The van der Waals surface area contributed by atoms with Gasteiger partial charge >= 0.3 is 0 Å². The van der Waals surface area contributed by atoms with E-state index in [1.165, 1.54) is 4.31 Å². The minimum Gasteiger partial charge on any atom is -0.495 e. The number of nitrogens with zero attached hydrogens (tertiary/aromatic N) is 1. The fourth-order valence-electron chi connectivity index (χ4n) is 3.48. The molecule has 3 rings (SSSR count). The summed E-state index contributed by atoms with van der Waals surface area (Å²) in [6.45, 7) is 6.20. The first-order valence-electron chi connectivity index (χ1n) is 10.0. The molecule has 0 spiro atoms. The molecule has 30 heavy (non-hydrogen) atoms. The predicted octanol–water partition coefficient (Wildman–Crippen LogP) is 5.06. The monoisotopic (exact) mass is 421 g/mol. The average molecular weight is 422 g/mol. The number of methoxy groups -OCH3 is 1. The normalized spacial score (nSPS) is 14.5. The Labute approximate surface area is 179 Å². The molecule has 0 saturated carbocycles. The van der Waals surface area contributed by atoms with Crippen LogP contribution in [0.5, 0.6) is 5.75 Å². The lowest BCUT2D eigenvalue weighted by molar-refractivity contribution is 0.413. The van der Waals surface area contributed by atoms with E-state index in [0.717, 1.165) is 36.0 Å². The predicted molar refractivity (Wildman–Crippen MR) is 121 cm³/mol. The van der Waals surface area contributed by atoms with E-state index in [2.05, 4.69) is 18.4 Å². The Kier molecular flexibility index (Phi) is 7.02. The molecule has 4 nitrogen and oxygen atoms in total. The maximum absolute atomic E-state index is 13.5. The van der Waals surface area contributed by atoms with Crippen LogP contribution in [-0.2, 0) is 10.0 Å². The van der Waals surface area contributed by atoms with Crippen LogP contribution in [0.2, 0.25) is 0 Å². The molecule has 0 aromatic heterocycles. The third-order valence-corrected chi connectivity index (χ3v) is 6.91. The number of rotatable bonds is 5. The van der Waals surface area contributed by atoms with Gasteiger partial charge in [-0.2, -0.15) is 0 Å². The Morgan fingerprint density at radius 3 is 2.53 bits per heavy atom. The van der Waals surface area contributed by atoms with E-state index < -0.39 is 10.0 Å². The lowest BCUT2D eigenvalue weighted by Gasteiger charge is -2.24. The van der Waals surface area contributed by atoms with E-state index in [0.29, 0.717) is 24.4 Å². The Morgan fingerprint density at radius 2 is 1.83 bits per heavy atom. The Bertz CT molecular complexity index is 1100. The summed E-state index contributed by atoms with van der Waals surface area (Å²) in [6.07, 6.45) is 4.92. The van der Waals surface area contributed by atoms with Crippen molar-refractivity contribution >= 4 is 10.0 Å². The molecule has 0 aliphatic carbocycles. The fraction of sp³-hybridized carbons (Fsp3) is 0.280. The average Bonchev–Trinajstić information content (AvgIpc) is 2.95. The Morgan fingerprint density at radius 1 is 1.10 bits per heavy atom. The minimum absolute atomic E-state index is 0.282. The summed E-state index contributed by atoms with van der Waals surface area (Å²) in [5, 5.41) is 0. The van der Waals surface area contributed by atoms with Crippen LogP contribution in [0.4, 0.5) is 0 Å². The summed E-state index contributed by atoms with van der Waals surface area (Å²) in [5.41, 5.74) is 3.30. The first kappa shape index (κ1) is 21.7. The van der Waals surface area contributed by atoms with Gasteiger partial charge in [-0.05, 0) is 68.4 Å². The number of aryl methyl sites for hydroxylation is 1. The van der Waals surface area contributed by atoms with Crippen LogP contribution in [0.25, 0.3) is 0 Å². The molecule has 2 aromatic rings. The van der Waals surface area contributed by atoms with Gasteiger partial charge in [0.25, 0.3) is 10.0 Å².